The number of rotatable bonds is 4. The fourth-order valence-electron chi connectivity index (χ4n) is 2.09. The van der Waals surface area contributed by atoms with E-state index >= 15 is 0 Å². The van der Waals surface area contributed by atoms with Gasteiger partial charge in [-0.2, -0.15) is 0 Å². The average molecular weight is 201 g/mol. The van der Waals surface area contributed by atoms with E-state index in [1.54, 1.807) is 0 Å². The minimum atomic E-state index is -0.346. The van der Waals surface area contributed by atoms with E-state index in [4.69, 9.17) is 10.5 Å². The van der Waals surface area contributed by atoms with Gasteiger partial charge in [0.15, 0.2) is 0 Å². The topological polar surface area (TPSA) is 55.5 Å². The Hall–Kier alpha value is -0.120. The summed E-state index contributed by atoms with van der Waals surface area (Å²) in [5.41, 5.74) is 5.96. The molecule has 3 nitrogen and oxygen atoms in total. The molecule has 0 radical (unpaired) electrons. The van der Waals surface area contributed by atoms with Crippen molar-refractivity contribution in [1.29, 1.82) is 0 Å². The predicted octanol–water partition coefficient (Wildman–Crippen LogP) is 1.15. The molecule has 2 atom stereocenters. The molecule has 0 bridgehead atoms. The standard InChI is InChI=1S/C11H23NO2/c1-8(2)7-10(12)11(13)9-3-5-14-6-4-9/h8-11,13H,3-7,12H2,1-2H3. The largest absolute Gasteiger partial charge is 0.391 e. The van der Waals surface area contributed by atoms with Crippen LogP contribution in [0.15, 0.2) is 0 Å². The molecule has 0 saturated carbocycles. The molecule has 1 fully saturated rings. The lowest BCUT2D eigenvalue weighted by Gasteiger charge is -2.31. The second kappa shape index (κ2) is 5.69. The van der Waals surface area contributed by atoms with Crippen LogP contribution < -0.4 is 5.73 Å². The van der Waals surface area contributed by atoms with Gasteiger partial charge in [0.25, 0.3) is 0 Å². The minimum Gasteiger partial charge on any atom is -0.391 e. The van der Waals surface area contributed by atoms with Crippen molar-refractivity contribution in [1.82, 2.24) is 0 Å². The quantitative estimate of drug-likeness (QED) is 0.717. The van der Waals surface area contributed by atoms with E-state index in [2.05, 4.69) is 13.8 Å². The van der Waals surface area contributed by atoms with Crippen LogP contribution in [-0.4, -0.2) is 30.5 Å². The highest BCUT2D eigenvalue weighted by molar-refractivity contribution is 4.81. The van der Waals surface area contributed by atoms with Gasteiger partial charge in [0.2, 0.25) is 0 Å². The summed E-state index contributed by atoms with van der Waals surface area (Å²) in [4.78, 5) is 0. The molecule has 1 aliphatic rings. The Morgan fingerprint density at radius 2 is 1.93 bits per heavy atom. The lowest BCUT2D eigenvalue weighted by molar-refractivity contribution is -0.00447. The Bertz CT molecular complexity index is 155. The summed E-state index contributed by atoms with van der Waals surface area (Å²) in [6, 6.07) is -0.0712. The monoisotopic (exact) mass is 201 g/mol. The van der Waals surface area contributed by atoms with E-state index in [-0.39, 0.29) is 12.1 Å². The van der Waals surface area contributed by atoms with Crippen LogP contribution in [0.5, 0.6) is 0 Å². The van der Waals surface area contributed by atoms with Crippen molar-refractivity contribution in [2.24, 2.45) is 17.6 Å². The summed E-state index contributed by atoms with van der Waals surface area (Å²) in [6.45, 7) is 5.82. The smallest absolute Gasteiger partial charge is 0.0720 e. The van der Waals surface area contributed by atoms with Gasteiger partial charge in [-0.1, -0.05) is 13.8 Å². The van der Waals surface area contributed by atoms with Crippen LogP contribution in [0.2, 0.25) is 0 Å². The van der Waals surface area contributed by atoms with Crippen LogP contribution in [0.4, 0.5) is 0 Å². The highest BCUT2D eigenvalue weighted by Gasteiger charge is 2.27. The molecule has 0 spiro atoms. The van der Waals surface area contributed by atoms with E-state index in [0.29, 0.717) is 11.8 Å². The van der Waals surface area contributed by atoms with Crippen molar-refractivity contribution in [3.05, 3.63) is 0 Å². The van der Waals surface area contributed by atoms with Crippen LogP contribution in [0.1, 0.15) is 33.1 Å². The number of hydrogen-bond acceptors (Lipinski definition) is 3. The Kier molecular flexibility index (Phi) is 4.85. The van der Waals surface area contributed by atoms with Crippen LogP contribution in [0, 0.1) is 11.8 Å². The maximum Gasteiger partial charge on any atom is 0.0720 e. The fraction of sp³-hybridized carbons (Fsp3) is 1.00. The molecule has 1 heterocycles. The normalized spacial score (nSPS) is 23.8. The highest BCUT2D eigenvalue weighted by atomic mass is 16.5. The maximum absolute atomic E-state index is 10.0. The summed E-state index contributed by atoms with van der Waals surface area (Å²) in [7, 11) is 0. The van der Waals surface area contributed by atoms with Gasteiger partial charge in [-0.25, -0.2) is 0 Å². The zero-order valence-corrected chi connectivity index (χ0v) is 9.28. The van der Waals surface area contributed by atoms with E-state index in [1.165, 1.54) is 0 Å². The minimum absolute atomic E-state index is 0.0712. The summed E-state index contributed by atoms with van der Waals surface area (Å²) in [5, 5.41) is 10.0. The highest BCUT2D eigenvalue weighted by Crippen LogP contribution is 2.22. The third-order valence-corrected chi connectivity index (χ3v) is 2.93. The Morgan fingerprint density at radius 3 is 2.43 bits per heavy atom. The average Bonchev–Trinajstić information content (AvgIpc) is 2.17. The number of ether oxygens (including phenoxy) is 1. The van der Waals surface area contributed by atoms with Crippen LogP contribution in [0.25, 0.3) is 0 Å². The van der Waals surface area contributed by atoms with E-state index < -0.39 is 0 Å². The second-order valence-corrected chi connectivity index (χ2v) is 4.73. The first-order chi connectivity index (χ1) is 6.61. The van der Waals surface area contributed by atoms with Crippen molar-refractivity contribution >= 4 is 0 Å². The molecule has 1 saturated heterocycles. The molecule has 3 heteroatoms. The fourth-order valence-corrected chi connectivity index (χ4v) is 2.09. The van der Waals surface area contributed by atoms with Gasteiger partial charge in [0.1, 0.15) is 0 Å². The molecule has 1 rings (SSSR count). The number of hydrogen-bond donors (Lipinski definition) is 2. The van der Waals surface area contributed by atoms with E-state index in [9.17, 15) is 5.11 Å². The number of nitrogens with two attached hydrogens (primary N) is 1. The molecule has 0 aromatic carbocycles. The van der Waals surface area contributed by atoms with Crippen molar-refractivity contribution in [2.45, 2.75) is 45.3 Å². The van der Waals surface area contributed by atoms with Crippen molar-refractivity contribution < 1.29 is 9.84 Å². The zero-order chi connectivity index (χ0) is 10.6. The Labute approximate surface area is 86.6 Å². The summed E-state index contributed by atoms with van der Waals surface area (Å²) < 4.78 is 5.26. The third kappa shape index (κ3) is 3.56. The first kappa shape index (κ1) is 12.0. The Morgan fingerprint density at radius 1 is 1.36 bits per heavy atom. The predicted molar refractivity (Wildman–Crippen MR) is 57.0 cm³/mol. The molecule has 0 amide bonds. The molecule has 14 heavy (non-hydrogen) atoms. The molecule has 84 valence electrons. The summed E-state index contributed by atoms with van der Waals surface area (Å²) in [6.07, 6.45) is 2.46. The molecule has 0 aromatic rings. The van der Waals surface area contributed by atoms with Gasteiger partial charge in [-0.05, 0) is 31.1 Å². The zero-order valence-electron chi connectivity index (χ0n) is 9.28. The third-order valence-electron chi connectivity index (χ3n) is 2.93. The van der Waals surface area contributed by atoms with Gasteiger partial charge in [-0.15, -0.1) is 0 Å². The number of aliphatic hydroxyl groups is 1. The van der Waals surface area contributed by atoms with E-state index in [0.717, 1.165) is 32.5 Å². The van der Waals surface area contributed by atoms with Crippen LogP contribution in [-0.2, 0) is 4.74 Å². The van der Waals surface area contributed by atoms with Crippen molar-refractivity contribution in [2.75, 3.05) is 13.2 Å². The first-order valence-corrected chi connectivity index (χ1v) is 5.62. The molecular formula is C11H23NO2. The lowest BCUT2D eigenvalue weighted by atomic mass is 9.86. The van der Waals surface area contributed by atoms with Crippen molar-refractivity contribution in [3.8, 4) is 0 Å². The van der Waals surface area contributed by atoms with Gasteiger partial charge < -0.3 is 15.6 Å². The second-order valence-electron chi connectivity index (χ2n) is 4.73. The molecule has 0 aromatic heterocycles. The maximum atomic E-state index is 10.0. The van der Waals surface area contributed by atoms with Gasteiger partial charge in [-0.3, -0.25) is 0 Å². The summed E-state index contributed by atoms with van der Waals surface area (Å²) in [5.74, 6) is 0.900. The molecule has 3 N–H and O–H groups in total. The molecular weight excluding hydrogens is 178 g/mol. The number of aliphatic hydroxyl groups excluding tert-OH is 1. The van der Waals surface area contributed by atoms with Crippen LogP contribution in [0.3, 0.4) is 0 Å². The van der Waals surface area contributed by atoms with Crippen molar-refractivity contribution in [3.63, 3.8) is 0 Å². The molecule has 0 aliphatic carbocycles. The summed E-state index contributed by atoms with van der Waals surface area (Å²) >= 11 is 0. The SMILES string of the molecule is CC(C)CC(N)C(O)C1CCOCC1. The Balaban J connectivity index is 2.33. The van der Waals surface area contributed by atoms with Gasteiger partial charge >= 0.3 is 0 Å². The van der Waals surface area contributed by atoms with E-state index in [1.807, 2.05) is 0 Å². The molecule has 1 aliphatic heterocycles. The van der Waals surface area contributed by atoms with Gasteiger partial charge in [0, 0.05) is 19.3 Å². The first-order valence-electron chi connectivity index (χ1n) is 5.62. The molecule has 2 unspecified atom stereocenters. The van der Waals surface area contributed by atoms with Gasteiger partial charge in [0.05, 0.1) is 6.10 Å². The lowest BCUT2D eigenvalue weighted by Crippen LogP contribution is -2.42. The van der Waals surface area contributed by atoms with Crippen LogP contribution >= 0.6 is 0 Å².